The van der Waals surface area contributed by atoms with Gasteiger partial charge < -0.3 is 9.84 Å². The molecule has 0 aliphatic heterocycles. The predicted molar refractivity (Wildman–Crippen MR) is 78.8 cm³/mol. The maximum Gasteiger partial charge on any atom is 0.160 e. The molecule has 1 atom stereocenters. The van der Waals surface area contributed by atoms with E-state index in [0.29, 0.717) is 5.75 Å². The van der Waals surface area contributed by atoms with Gasteiger partial charge in [0.2, 0.25) is 0 Å². The molecule has 4 heteroatoms. The number of nitrogens with zero attached hydrogens (tertiary/aromatic N) is 2. The van der Waals surface area contributed by atoms with E-state index < -0.39 is 0 Å². The van der Waals surface area contributed by atoms with Crippen molar-refractivity contribution in [2.75, 3.05) is 14.2 Å². The Hall–Kier alpha value is -2.07. The Morgan fingerprint density at radius 1 is 1.35 bits per heavy atom. The van der Waals surface area contributed by atoms with Crippen molar-refractivity contribution in [2.45, 2.75) is 19.5 Å². The van der Waals surface area contributed by atoms with Gasteiger partial charge in [-0.1, -0.05) is 12.1 Å². The molecule has 0 spiro atoms. The molecule has 0 bridgehead atoms. The number of hydrogen-bond acceptors (Lipinski definition) is 4. The topological polar surface area (TPSA) is 45.6 Å². The molecular weight excluding hydrogens is 252 g/mol. The molecular formula is C16H20N2O2. The molecule has 106 valence electrons. The molecule has 0 amide bonds. The van der Waals surface area contributed by atoms with Crippen molar-refractivity contribution in [1.29, 1.82) is 0 Å². The fraction of sp³-hybridized carbons (Fsp3) is 0.312. The summed E-state index contributed by atoms with van der Waals surface area (Å²) in [7, 11) is 3.62. The average molecular weight is 272 g/mol. The van der Waals surface area contributed by atoms with Crippen molar-refractivity contribution in [1.82, 2.24) is 9.88 Å². The summed E-state index contributed by atoms with van der Waals surface area (Å²) in [6.45, 7) is 2.94. The fourth-order valence-corrected chi connectivity index (χ4v) is 2.13. The number of aromatic nitrogens is 1. The van der Waals surface area contributed by atoms with Gasteiger partial charge in [-0.05, 0) is 43.3 Å². The van der Waals surface area contributed by atoms with Crippen LogP contribution < -0.4 is 4.74 Å². The Bertz CT molecular complexity index is 558. The normalized spacial score (nSPS) is 12.4. The summed E-state index contributed by atoms with van der Waals surface area (Å²) in [6, 6.07) is 9.68. The lowest BCUT2D eigenvalue weighted by Gasteiger charge is -2.25. The maximum absolute atomic E-state index is 9.64. The number of rotatable bonds is 5. The second-order valence-corrected chi connectivity index (χ2v) is 4.88. The highest BCUT2D eigenvalue weighted by atomic mass is 16.5. The lowest BCUT2D eigenvalue weighted by Crippen LogP contribution is -2.22. The van der Waals surface area contributed by atoms with Crippen LogP contribution in [-0.2, 0) is 6.54 Å². The molecule has 1 aromatic carbocycles. The summed E-state index contributed by atoms with van der Waals surface area (Å²) in [5.41, 5.74) is 2.28. The van der Waals surface area contributed by atoms with Crippen LogP contribution in [0.25, 0.3) is 0 Å². The second kappa shape index (κ2) is 6.39. The van der Waals surface area contributed by atoms with Gasteiger partial charge in [0.25, 0.3) is 0 Å². The van der Waals surface area contributed by atoms with E-state index >= 15 is 0 Å². The van der Waals surface area contributed by atoms with Crippen molar-refractivity contribution in [3.63, 3.8) is 0 Å². The molecule has 2 rings (SSSR count). The Kier molecular flexibility index (Phi) is 4.58. The van der Waals surface area contributed by atoms with Crippen molar-refractivity contribution < 1.29 is 9.84 Å². The molecule has 1 aromatic heterocycles. The standard InChI is InChI=1S/C16H20N2O2/c1-12(14-6-7-15(19)16(9-14)20-3)18(2)11-13-5-4-8-17-10-13/h4-10,12,19H,11H2,1-3H3. The highest BCUT2D eigenvalue weighted by Gasteiger charge is 2.14. The first kappa shape index (κ1) is 14.3. The summed E-state index contributed by atoms with van der Waals surface area (Å²) >= 11 is 0. The van der Waals surface area contributed by atoms with E-state index in [1.54, 1.807) is 19.4 Å². The largest absolute Gasteiger partial charge is 0.504 e. The minimum atomic E-state index is 0.165. The number of hydrogen-bond donors (Lipinski definition) is 1. The number of phenols is 1. The van der Waals surface area contributed by atoms with E-state index in [2.05, 4.69) is 29.9 Å². The third-order valence-corrected chi connectivity index (χ3v) is 3.50. The summed E-state index contributed by atoms with van der Waals surface area (Å²) < 4.78 is 5.16. The summed E-state index contributed by atoms with van der Waals surface area (Å²) in [5, 5.41) is 9.64. The third-order valence-electron chi connectivity index (χ3n) is 3.50. The van der Waals surface area contributed by atoms with Crippen molar-refractivity contribution >= 4 is 0 Å². The lowest BCUT2D eigenvalue weighted by molar-refractivity contribution is 0.252. The van der Waals surface area contributed by atoms with Gasteiger partial charge in [-0.3, -0.25) is 9.88 Å². The quantitative estimate of drug-likeness (QED) is 0.909. The predicted octanol–water partition coefficient (Wildman–Crippen LogP) is 2.99. The van der Waals surface area contributed by atoms with Gasteiger partial charge in [0, 0.05) is 25.0 Å². The zero-order chi connectivity index (χ0) is 14.5. The summed E-state index contributed by atoms with van der Waals surface area (Å²) in [6.07, 6.45) is 3.65. The first-order valence-corrected chi connectivity index (χ1v) is 6.58. The van der Waals surface area contributed by atoms with Crippen molar-refractivity contribution in [2.24, 2.45) is 0 Å². The Morgan fingerprint density at radius 2 is 2.15 bits per heavy atom. The SMILES string of the molecule is COc1cc(C(C)N(C)Cc2cccnc2)ccc1O. The number of phenolic OH excluding ortho intramolecular Hbond substituents is 1. The number of pyridine rings is 1. The first-order chi connectivity index (χ1) is 9.61. The smallest absolute Gasteiger partial charge is 0.160 e. The molecule has 1 unspecified atom stereocenters. The molecule has 0 radical (unpaired) electrons. The number of ether oxygens (including phenoxy) is 1. The molecule has 0 aliphatic carbocycles. The van der Waals surface area contributed by atoms with Crippen LogP contribution in [0.1, 0.15) is 24.1 Å². The second-order valence-electron chi connectivity index (χ2n) is 4.88. The molecule has 0 saturated carbocycles. The zero-order valence-electron chi connectivity index (χ0n) is 12.1. The van der Waals surface area contributed by atoms with Crippen molar-refractivity contribution in [3.05, 3.63) is 53.9 Å². The molecule has 1 heterocycles. The molecule has 1 N–H and O–H groups in total. The minimum Gasteiger partial charge on any atom is -0.504 e. The lowest BCUT2D eigenvalue weighted by atomic mass is 10.1. The van der Waals surface area contributed by atoms with Crippen molar-refractivity contribution in [3.8, 4) is 11.5 Å². The van der Waals surface area contributed by atoms with E-state index in [1.807, 2.05) is 24.4 Å². The Morgan fingerprint density at radius 3 is 2.80 bits per heavy atom. The van der Waals surface area contributed by atoms with Gasteiger partial charge in [0.1, 0.15) is 0 Å². The van der Waals surface area contributed by atoms with Crippen LogP contribution in [0, 0.1) is 0 Å². The summed E-state index contributed by atoms with van der Waals surface area (Å²) in [4.78, 5) is 6.35. The molecule has 20 heavy (non-hydrogen) atoms. The monoisotopic (exact) mass is 272 g/mol. The maximum atomic E-state index is 9.64. The van der Waals surface area contributed by atoms with Crippen LogP contribution in [-0.4, -0.2) is 29.1 Å². The van der Waals surface area contributed by atoms with Gasteiger partial charge in [-0.15, -0.1) is 0 Å². The van der Waals surface area contributed by atoms with Gasteiger partial charge in [0.15, 0.2) is 11.5 Å². The zero-order valence-corrected chi connectivity index (χ0v) is 12.1. The van der Waals surface area contributed by atoms with Crippen LogP contribution in [0.2, 0.25) is 0 Å². The van der Waals surface area contributed by atoms with Gasteiger partial charge >= 0.3 is 0 Å². The third kappa shape index (κ3) is 3.27. The Labute approximate surface area is 119 Å². The molecule has 4 nitrogen and oxygen atoms in total. The van der Waals surface area contributed by atoms with Gasteiger partial charge in [0.05, 0.1) is 7.11 Å². The summed E-state index contributed by atoms with van der Waals surface area (Å²) in [5.74, 6) is 0.669. The Balaban J connectivity index is 2.12. The van der Waals surface area contributed by atoms with Crippen LogP contribution in [0.4, 0.5) is 0 Å². The van der Waals surface area contributed by atoms with E-state index in [0.717, 1.165) is 12.1 Å². The number of aromatic hydroxyl groups is 1. The van der Waals surface area contributed by atoms with Crippen LogP contribution in [0.3, 0.4) is 0 Å². The highest BCUT2D eigenvalue weighted by Crippen LogP contribution is 2.30. The van der Waals surface area contributed by atoms with Crippen LogP contribution in [0.5, 0.6) is 11.5 Å². The molecule has 0 aliphatic rings. The van der Waals surface area contributed by atoms with Crippen LogP contribution >= 0.6 is 0 Å². The van der Waals surface area contributed by atoms with Crippen LogP contribution in [0.15, 0.2) is 42.7 Å². The molecule has 0 fully saturated rings. The van der Waals surface area contributed by atoms with Gasteiger partial charge in [-0.2, -0.15) is 0 Å². The van der Waals surface area contributed by atoms with Gasteiger partial charge in [-0.25, -0.2) is 0 Å². The average Bonchev–Trinajstić information content (AvgIpc) is 2.48. The number of benzene rings is 1. The van der Waals surface area contributed by atoms with E-state index in [4.69, 9.17) is 4.74 Å². The van der Waals surface area contributed by atoms with E-state index in [-0.39, 0.29) is 11.8 Å². The van der Waals surface area contributed by atoms with E-state index in [1.165, 1.54) is 5.56 Å². The first-order valence-electron chi connectivity index (χ1n) is 6.58. The fourth-order valence-electron chi connectivity index (χ4n) is 2.13. The van der Waals surface area contributed by atoms with E-state index in [9.17, 15) is 5.11 Å². The number of methoxy groups -OCH3 is 1. The molecule has 0 saturated heterocycles. The minimum absolute atomic E-state index is 0.165. The molecule has 2 aromatic rings. The highest BCUT2D eigenvalue weighted by molar-refractivity contribution is 5.42.